The van der Waals surface area contributed by atoms with Crippen molar-refractivity contribution in [2.45, 2.75) is 155 Å². The average Bonchev–Trinajstić information content (AvgIpc) is 3.01. The summed E-state index contributed by atoms with van der Waals surface area (Å²) in [7, 11) is 0. The fourth-order valence-corrected chi connectivity index (χ4v) is 4.50. The summed E-state index contributed by atoms with van der Waals surface area (Å²) in [6.45, 7) is 3.93. The Morgan fingerprint density at radius 1 is 0.558 bits per heavy atom. The molecule has 0 saturated carbocycles. The van der Waals surface area contributed by atoms with Crippen LogP contribution >= 0.6 is 0 Å². The number of carbonyl (C=O) groups is 2. The number of esters is 2. The SMILES string of the molecule is CC/C=C/C=C/C=C/C=C/CCCCCC(=O)OCC(CO)OC(=O)CCCCCCC/C=C/CCCCCCCCC. The van der Waals surface area contributed by atoms with Crippen LogP contribution in [0.15, 0.2) is 60.8 Å². The summed E-state index contributed by atoms with van der Waals surface area (Å²) in [6.07, 6.45) is 42.7. The van der Waals surface area contributed by atoms with Gasteiger partial charge in [0.2, 0.25) is 0 Å². The molecule has 0 aromatic heterocycles. The molecule has 43 heavy (non-hydrogen) atoms. The molecule has 0 saturated heterocycles. The lowest BCUT2D eigenvalue weighted by atomic mass is 10.1. The standard InChI is InChI=1S/C38H64O5/c1-3-5-7-9-11-13-15-17-18-19-21-23-25-27-29-31-33-38(41)43-36(34-39)35-42-37(40)32-30-28-26-24-22-20-16-14-12-10-8-6-4-2/h6,8,10,12,14,16,18-20,22,36,39H,3-5,7,9,11,13,15,17,21,23-35H2,1-2H3/b8-6+,12-10+,16-14+,19-18+,22-20+. The number of aliphatic hydroxyl groups is 1. The van der Waals surface area contributed by atoms with Gasteiger partial charge in [-0.25, -0.2) is 0 Å². The highest BCUT2D eigenvalue weighted by Gasteiger charge is 2.16. The number of hydrogen-bond donors (Lipinski definition) is 1. The third kappa shape index (κ3) is 32.4. The van der Waals surface area contributed by atoms with Crippen molar-refractivity contribution in [2.75, 3.05) is 13.2 Å². The summed E-state index contributed by atoms with van der Waals surface area (Å²) in [5.41, 5.74) is 0. The van der Waals surface area contributed by atoms with Gasteiger partial charge in [0, 0.05) is 12.8 Å². The monoisotopic (exact) mass is 600 g/mol. The minimum absolute atomic E-state index is 0.0920. The molecule has 0 bridgehead atoms. The number of allylic oxidation sites excluding steroid dienone is 10. The van der Waals surface area contributed by atoms with E-state index in [4.69, 9.17) is 9.47 Å². The largest absolute Gasteiger partial charge is 0.462 e. The molecule has 5 nitrogen and oxygen atoms in total. The van der Waals surface area contributed by atoms with E-state index in [0.717, 1.165) is 57.8 Å². The number of carbonyl (C=O) groups excluding carboxylic acids is 2. The van der Waals surface area contributed by atoms with Crippen LogP contribution in [0.5, 0.6) is 0 Å². The maximum atomic E-state index is 12.1. The van der Waals surface area contributed by atoms with Gasteiger partial charge in [-0.2, -0.15) is 0 Å². The van der Waals surface area contributed by atoms with Crippen molar-refractivity contribution in [3.05, 3.63) is 60.8 Å². The first kappa shape index (κ1) is 40.6. The highest BCUT2D eigenvalue weighted by Crippen LogP contribution is 2.11. The molecule has 0 rings (SSSR count). The summed E-state index contributed by atoms with van der Waals surface area (Å²) < 4.78 is 10.5. The normalized spacial score (nSPS) is 12.9. The van der Waals surface area contributed by atoms with Crippen LogP contribution in [-0.4, -0.2) is 36.4 Å². The third-order valence-corrected chi connectivity index (χ3v) is 7.14. The van der Waals surface area contributed by atoms with Gasteiger partial charge in [-0.15, -0.1) is 0 Å². The second-order valence-corrected chi connectivity index (χ2v) is 11.3. The second-order valence-electron chi connectivity index (χ2n) is 11.3. The van der Waals surface area contributed by atoms with E-state index in [1.165, 1.54) is 64.2 Å². The van der Waals surface area contributed by atoms with Gasteiger partial charge in [0.15, 0.2) is 6.10 Å². The topological polar surface area (TPSA) is 72.8 Å². The van der Waals surface area contributed by atoms with Gasteiger partial charge in [0.05, 0.1) is 6.61 Å². The van der Waals surface area contributed by atoms with Crippen molar-refractivity contribution in [2.24, 2.45) is 0 Å². The van der Waals surface area contributed by atoms with Gasteiger partial charge in [-0.05, 0) is 57.8 Å². The Morgan fingerprint density at radius 2 is 1.02 bits per heavy atom. The molecule has 5 heteroatoms. The Labute approximate surface area is 264 Å². The molecule has 0 aromatic rings. The molecule has 0 radical (unpaired) electrons. The minimum atomic E-state index is -0.792. The van der Waals surface area contributed by atoms with Gasteiger partial charge >= 0.3 is 11.9 Å². The summed E-state index contributed by atoms with van der Waals surface area (Å²) in [5.74, 6) is -0.653. The maximum absolute atomic E-state index is 12.1. The molecule has 0 aliphatic heterocycles. The van der Waals surface area contributed by atoms with Crippen LogP contribution in [-0.2, 0) is 19.1 Å². The van der Waals surface area contributed by atoms with Crippen LogP contribution in [0.1, 0.15) is 149 Å². The van der Waals surface area contributed by atoms with Crippen LogP contribution in [0.2, 0.25) is 0 Å². The first-order valence-corrected chi connectivity index (χ1v) is 17.4. The van der Waals surface area contributed by atoms with E-state index < -0.39 is 6.10 Å². The molecule has 0 aromatic carbocycles. The van der Waals surface area contributed by atoms with Crippen molar-refractivity contribution >= 4 is 11.9 Å². The predicted molar refractivity (Wildman–Crippen MR) is 182 cm³/mol. The molecular weight excluding hydrogens is 536 g/mol. The zero-order valence-electron chi connectivity index (χ0n) is 27.7. The molecule has 0 spiro atoms. The van der Waals surface area contributed by atoms with Gasteiger partial charge < -0.3 is 14.6 Å². The fourth-order valence-electron chi connectivity index (χ4n) is 4.50. The van der Waals surface area contributed by atoms with Crippen LogP contribution in [0, 0.1) is 0 Å². The Kier molecular flexibility index (Phi) is 32.2. The molecule has 0 aliphatic carbocycles. The van der Waals surface area contributed by atoms with E-state index in [2.05, 4.69) is 38.2 Å². The summed E-state index contributed by atoms with van der Waals surface area (Å²) in [6, 6.07) is 0. The zero-order valence-corrected chi connectivity index (χ0v) is 27.7. The molecular formula is C38H64O5. The van der Waals surface area contributed by atoms with E-state index in [1.54, 1.807) is 0 Å². The van der Waals surface area contributed by atoms with Crippen LogP contribution in [0.25, 0.3) is 0 Å². The summed E-state index contributed by atoms with van der Waals surface area (Å²) in [4.78, 5) is 24.1. The molecule has 0 aliphatic rings. The minimum Gasteiger partial charge on any atom is -0.462 e. The van der Waals surface area contributed by atoms with Crippen molar-refractivity contribution in [3.8, 4) is 0 Å². The van der Waals surface area contributed by atoms with Gasteiger partial charge in [-0.1, -0.05) is 139 Å². The summed E-state index contributed by atoms with van der Waals surface area (Å²) in [5, 5.41) is 9.51. The molecule has 1 unspecified atom stereocenters. The van der Waals surface area contributed by atoms with Crippen LogP contribution < -0.4 is 0 Å². The quantitative estimate of drug-likeness (QED) is 0.0384. The van der Waals surface area contributed by atoms with Gasteiger partial charge in [0.25, 0.3) is 0 Å². The van der Waals surface area contributed by atoms with E-state index in [0.29, 0.717) is 12.8 Å². The molecule has 1 atom stereocenters. The maximum Gasteiger partial charge on any atom is 0.306 e. The first-order valence-electron chi connectivity index (χ1n) is 17.4. The molecule has 0 heterocycles. The van der Waals surface area contributed by atoms with Crippen molar-refractivity contribution in [1.82, 2.24) is 0 Å². The lowest BCUT2D eigenvalue weighted by Gasteiger charge is -2.15. The highest BCUT2D eigenvalue weighted by molar-refractivity contribution is 5.70. The zero-order chi connectivity index (χ0) is 31.5. The second kappa shape index (κ2) is 34.1. The predicted octanol–water partition coefficient (Wildman–Crippen LogP) is 10.4. The van der Waals surface area contributed by atoms with Crippen LogP contribution in [0.4, 0.5) is 0 Å². The number of ether oxygens (including phenoxy) is 2. The summed E-state index contributed by atoms with van der Waals surface area (Å²) >= 11 is 0. The number of aliphatic hydroxyl groups excluding tert-OH is 1. The lowest BCUT2D eigenvalue weighted by molar-refractivity contribution is -0.161. The van der Waals surface area contributed by atoms with Crippen molar-refractivity contribution in [3.63, 3.8) is 0 Å². The van der Waals surface area contributed by atoms with E-state index >= 15 is 0 Å². The molecule has 0 fully saturated rings. The Morgan fingerprint density at radius 3 is 1.60 bits per heavy atom. The van der Waals surface area contributed by atoms with Crippen molar-refractivity contribution in [1.29, 1.82) is 0 Å². The Balaban J connectivity index is 3.67. The third-order valence-electron chi connectivity index (χ3n) is 7.14. The van der Waals surface area contributed by atoms with E-state index in [-0.39, 0.29) is 25.2 Å². The first-order chi connectivity index (χ1) is 21.1. The number of hydrogen-bond acceptors (Lipinski definition) is 5. The number of unbranched alkanes of at least 4 members (excludes halogenated alkanes) is 15. The van der Waals surface area contributed by atoms with Gasteiger partial charge in [-0.3, -0.25) is 9.59 Å². The average molecular weight is 601 g/mol. The number of rotatable bonds is 30. The molecule has 246 valence electrons. The van der Waals surface area contributed by atoms with Gasteiger partial charge in [0.1, 0.15) is 6.61 Å². The van der Waals surface area contributed by atoms with E-state index in [9.17, 15) is 14.7 Å². The van der Waals surface area contributed by atoms with Crippen molar-refractivity contribution < 1.29 is 24.2 Å². The molecule has 0 amide bonds. The Bertz CT molecular complexity index is 777. The smallest absolute Gasteiger partial charge is 0.306 e. The Hall–Kier alpha value is -2.40. The lowest BCUT2D eigenvalue weighted by Crippen LogP contribution is -2.28. The highest BCUT2D eigenvalue weighted by atomic mass is 16.6. The fraction of sp³-hybridized carbons (Fsp3) is 0.684. The molecule has 1 N–H and O–H groups in total. The van der Waals surface area contributed by atoms with E-state index in [1.807, 2.05) is 36.5 Å². The van der Waals surface area contributed by atoms with Crippen LogP contribution in [0.3, 0.4) is 0 Å².